The number of nitrogens with zero attached hydrogens (tertiary/aromatic N) is 1. The molecule has 0 heterocycles. The molecular weight excluding hydrogens is 291 g/mol. The smallest absolute Gasteiger partial charge is 0.222 e. The summed E-state index contributed by atoms with van der Waals surface area (Å²) in [5.74, 6) is -0.239. The Balaban J connectivity index is 1.90. The minimum atomic E-state index is -0.274. The average Bonchev–Trinajstić information content (AvgIpc) is 2.59. The third-order valence-electron chi connectivity index (χ3n) is 4.22. The second kappa shape index (κ2) is 7.88. The van der Waals surface area contributed by atoms with E-state index in [2.05, 4.69) is 0 Å². The van der Waals surface area contributed by atoms with Gasteiger partial charge in [-0.3, -0.25) is 4.79 Å². The topological polar surface area (TPSA) is 46.3 Å². The number of halogens is 1. The fourth-order valence-corrected chi connectivity index (χ4v) is 2.50. The van der Waals surface area contributed by atoms with Crippen LogP contribution in [-0.2, 0) is 4.79 Å². The highest BCUT2D eigenvalue weighted by Crippen LogP contribution is 2.21. The molecule has 0 unspecified atom stereocenters. The van der Waals surface area contributed by atoms with Gasteiger partial charge in [-0.1, -0.05) is 42.5 Å². The first-order valence-electron chi connectivity index (χ1n) is 7.80. The van der Waals surface area contributed by atoms with Crippen LogP contribution in [0, 0.1) is 5.82 Å². The lowest BCUT2D eigenvalue weighted by molar-refractivity contribution is -0.132. The van der Waals surface area contributed by atoms with Crippen molar-refractivity contribution in [3.63, 3.8) is 0 Å². The minimum Gasteiger partial charge on any atom is -0.339 e. The molecule has 0 fully saturated rings. The molecule has 0 saturated carbocycles. The van der Waals surface area contributed by atoms with E-state index >= 15 is 0 Å². The van der Waals surface area contributed by atoms with Crippen LogP contribution in [0.25, 0.3) is 0 Å². The molecule has 0 bridgehead atoms. The van der Waals surface area contributed by atoms with Crippen LogP contribution in [-0.4, -0.2) is 17.9 Å². The summed E-state index contributed by atoms with van der Waals surface area (Å²) in [7, 11) is 1.77. The second-order valence-corrected chi connectivity index (χ2v) is 5.79. The van der Waals surface area contributed by atoms with E-state index in [0.717, 1.165) is 11.1 Å². The largest absolute Gasteiger partial charge is 0.339 e. The maximum absolute atomic E-state index is 13.0. The molecule has 0 aromatic heterocycles. The Kier molecular flexibility index (Phi) is 5.88. The van der Waals surface area contributed by atoms with Crippen molar-refractivity contribution in [2.24, 2.45) is 5.73 Å². The first-order valence-corrected chi connectivity index (χ1v) is 7.80. The minimum absolute atomic E-state index is 0.0354. The van der Waals surface area contributed by atoms with Gasteiger partial charge in [-0.05, 0) is 36.6 Å². The zero-order valence-electron chi connectivity index (χ0n) is 13.6. The normalized spacial score (nSPS) is 13.4. The summed E-state index contributed by atoms with van der Waals surface area (Å²) >= 11 is 0. The van der Waals surface area contributed by atoms with Gasteiger partial charge in [0.05, 0.1) is 6.04 Å². The highest BCUT2D eigenvalue weighted by Gasteiger charge is 2.18. The Morgan fingerprint density at radius 1 is 1.09 bits per heavy atom. The van der Waals surface area contributed by atoms with E-state index in [-0.39, 0.29) is 23.8 Å². The van der Waals surface area contributed by atoms with Crippen LogP contribution in [0.15, 0.2) is 54.6 Å². The zero-order chi connectivity index (χ0) is 16.8. The molecule has 2 aromatic carbocycles. The monoisotopic (exact) mass is 314 g/mol. The Labute approximate surface area is 136 Å². The van der Waals surface area contributed by atoms with Crippen LogP contribution < -0.4 is 5.73 Å². The molecule has 3 nitrogen and oxygen atoms in total. The standard InChI is InChI=1S/C19H23FN2O/c1-14(15-8-10-17(20)11-9-15)22(2)19(23)13-12-18(21)16-6-4-3-5-7-16/h3-11,14,18H,12-13,21H2,1-2H3/t14-,18+/m0/s1. The van der Waals surface area contributed by atoms with Crippen molar-refractivity contribution in [2.75, 3.05) is 7.05 Å². The van der Waals surface area contributed by atoms with Gasteiger partial charge in [0.15, 0.2) is 0 Å². The fourth-order valence-electron chi connectivity index (χ4n) is 2.50. The van der Waals surface area contributed by atoms with Crippen LogP contribution in [0.5, 0.6) is 0 Å². The summed E-state index contributed by atoms with van der Waals surface area (Å²) < 4.78 is 13.0. The number of hydrogen-bond acceptors (Lipinski definition) is 2. The Morgan fingerprint density at radius 2 is 1.70 bits per heavy atom. The number of nitrogens with two attached hydrogens (primary N) is 1. The molecule has 23 heavy (non-hydrogen) atoms. The molecule has 122 valence electrons. The van der Waals surface area contributed by atoms with Gasteiger partial charge in [0, 0.05) is 19.5 Å². The molecule has 2 N–H and O–H groups in total. The summed E-state index contributed by atoms with van der Waals surface area (Å²) in [5.41, 5.74) is 8.08. The fraction of sp³-hybridized carbons (Fsp3) is 0.316. The van der Waals surface area contributed by atoms with E-state index in [4.69, 9.17) is 5.73 Å². The molecule has 0 aliphatic carbocycles. The van der Waals surface area contributed by atoms with Crippen molar-refractivity contribution in [3.8, 4) is 0 Å². The number of benzene rings is 2. The molecule has 2 rings (SSSR count). The van der Waals surface area contributed by atoms with E-state index in [9.17, 15) is 9.18 Å². The van der Waals surface area contributed by atoms with Gasteiger partial charge in [0.25, 0.3) is 0 Å². The van der Waals surface area contributed by atoms with E-state index in [1.54, 1.807) is 24.1 Å². The van der Waals surface area contributed by atoms with Crippen molar-refractivity contribution >= 4 is 5.91 Å². The molecule has 4 heteroatoms. The number of carbonyl (C=O) groups is 1. The lowest BCUT2D eigenvalue weighted by Gasteiger charge is -2.26. The summed E-state index contributed by atoms with van der Waals surface area (Å²) in [5, 5.41) is 0. The number of hydrogen-bond donors (Lipinski definition) is 1. The molecule has 0 aliphatic rings. The van der Waals surface area contributed by atoms with E-state index < -0.39 is 0 Å². The SMILES string of the molecule is C[C@@H](c1ccc(F)cc1)N(C)C(=O)CC[C@@H](N)c1ccccc1. The maximum atomic E-state index is 13.0. The molecule has 0 radical (unpaired) electrons. The van der Waals surface area contributed by atoms with Gasteiger partial charge in [0.1, 0.15) is 5.82 Å². The summed E-state index contributed by atoms with van der Waals surface area (Å²) in [4.78, 5) is 14.0. The van der Waals surface area contributed by atoms with Gasteiger partial charge in [0.2, 0.25) is 5.91 Å². The third-order valence-corrected chi connectivity index (χ3v) is 4.22. The van der Waals surface area contributed by atoms with Crippen LogP contribution >= 0.6 is 0 Å². The van der Waals surface area contributed by atoms with E-state index in [1.165, 1.54) is 12.1 Å². The zero-order valence-corrected chi connectivity index (χ0v) is 13.6. The van der Waals surface area contributed by atoms with E-state index in [1.807, 2.05) is 37.3 Å². The lowest BCUT2D eigenvalue weighted by Crippen LogP contribution is -2.30. The quantitative estimate of drug-likeness (QED) is 0.881. The molecule has 0 aliphatic heterocycles. The first-order chi connectivity index (χ1) is 11.0. The number of amides is 1. The summed E-state index contributed by atoms with van der Waals surface area (Å²) in [6, 6.07) is 15.8. The molecule has 1 amide bonds. The summed E-state index contributed by atoms with van der Waals surface area (Å²) in [6.07, 6.45) is 0.988. The van der Waals surface area contributed by atoms with Gasteiger partial charge < -0.3 is 10.6 Å². The number of rotatable bonds is 6. The van der Waals surface area contributed by atoms with Crippen molar-refractivity contribution in [1.82, 2.24) is 4.90 Å². The van der Waals surface area contributed by atoms with Crippen molar-refractivity contribution < 1.29 is 9.18 Å². The predicted octanol–water partition coefficient (Wildman–Crippen LogP) is 3.83. The predicted molar refractivity (Wildman–Crippen MR) is 90.2 cm³/mol. The van der Waals surface area contributed by atoms with Gasteiger partial charge >= 0.3 is 0 Å². The first kappa shape index (κ1) is 17.2. The molecular formula is C19H23FN2O. The van der Waals surface area contributed by atoms with Crippen molar-refractivity contribution in [2.45, 2.75) is 31.8 Å². The highest BCUT2D eigenvalue weighted by molar-refractivity contribution is 5.76. The lowest BCUT2D eigenvalue weighted by atomic mass is 10.0. The summed E-state index contributed by atoms with van der Waals surface area (Å²) in [6.45, 7) is 1.93. The molecule has 2 aromatic rings. The van der Waals surface area contributed by atoms with Gasteiger partial charge in [-0.25, -0.2) is 4.39 Å². The second-order valence-electron chi connectivity index (χ2n) is 5.79. The number of carbonyl (C=O) groups excluding carboxylic acids is 1. The molecule has 0 saturated heterocycles. The van der Waals surface area contributed by atoms with Crippen LogP contribution in [0.2, 0.25) is 0 Å². The van der Waals surface area contributed by atoms with E-state index in [0.29, 0.717) is 12.8 Å². The van der Waals surface area contributed by atoms with Crippen LogP contribution in [0.1, 0.15) is 43.0 Å². The average molecular weight is 314 g/mol. The Morgan fingerprint density at radius 3 is 2.30 bits per heavy atom. The van der Waals surface area contributed by atoms with Crippen LogP contribution in [0.4, 0.5) is 4.39 Å². The van der Waals surface area contributed by atoms with Gasteiger partial charge in [-0.15, -0.1) is 0 Å². The Bertz CT molecular complexity index is 628. The Hall–Kier alpha value is -2.20. The maximum Gasteiger partial charge on any atom is 0.222 e. The van der Waals surface area contributed by atoms with Gasteiger partial charge in [-0.2, -0.15) is 0 Å². The van der Waals surface area contributed by atoms with Crippen molar-refractivity contribution in [1.29, 1.82) is 0 Å². The van der Waals surface area contributed by atoms with Crippen LogP contribution in [0.3, 0.4) is 0 Å². The molecule has 2 atom stereocenters. The highest BCUT2D eigenvalue weighted by atomic mass is 19.1. The third kappa shape index (κ3) is 4.63. The molecule has 0 spiro atoms. The van der Waals surface area contributed by atoms with Crippen molar-refractivity contribution in [3.05, 3.63) is 71.5 Å².